The number of benzene rings is 1. The topological polar surface area (TPSA) is 101 Å². The molecule has 11 heteroatoms. The first-order valence-corrected chi connectivity index (χ1v) is 16.6. The molecule has 1 atom stereocenters. The van der Waals surface area contributed by atoms with Gasteiger partial charge in [0.15, 0.2) is 0 Å². The number of hydrogen-bond donors (Lipinski definition) is 1. The van der Waals surface area contributed by atoms with Crippen LogP contribution >= 0.6 is 32.6 Å². The highest BCUT2D eigenvalue weighted by Crippen LogP contribution is 2.35. The number of nitrogens with one attached hydrogen (secondary N) is 1. The Kier molecular flexibility index (Phi) is 10.5. The highest BCUT2D eigenvalue weighted by molar-refractivity contribution is 14.1. The van der Waals surface area contributed by atoms with Crippen molar-refractivity contribution in [3.63, 3.8) is 0 Å². The summed E-state index contributed by atoms with van der Waals surface area (Å²) in [5.74, 6) is 1.82. The van der Waals surface area contributed by atoms with Crippen molar-refractivity contribution >= 4 is 55.7 Å². The van der Waals surface area contributed by atoms with Crippen molar-refractivity contribution in [3.8, 4) is 11.5 Å². The molecule has 0 saturated carbocycles. The Balaban J connectivity index is 1.70. The summed E-state index contributed by atoms with van der Waals surface area (Å²) < 4.78 is 25.3. The number of esters is 1. The molecule has 214 valence electrons. The smallest absolute Gasteiger partial charge is 0.408 e. The van der Waals surface area contributed by atoms with Crippen LogP contribution in [0.25, 0.3) is 11.0 Å². The molecule has 0 fully saturated rings. The molecule has 0 spiro atoms. The lowest BCUT2D eigenvalue weighted by molar-refractivity contribution is -0.143. The predicted molar refractivity (Wildman–Crippen MR) is 164 cm³/mol. The quantitative estimate of drug-likeness (QED) is 0.158. The SMILES string of the molecule is COC(=O)[C@H](Cc1ccc(Oc2ccnc3c2c(I)cn3COCCS(C)(C)C)cc1)NC(=O)OC(C)(C)C. The van der Waals surface area contributed by atoms with E-state index in [4.69, 9.17) is 18.9 Å². The summed E-state index contributed by atoms with van der Waals surface area (Å²) in [6, 6.07) is 8.30. The Morgan fingerprint density at radius 2 is 1.82 bits per heavy atom. The minimum atomic E-state index is -0.884. The summed E-state index contributed by atoms with van der Waals surface area (Å²) in [6.45, 7) is 6.41. The number of amides is 1. The number of carbonyl (C=O) groups is 2. The molecule has 0 radical (unpaired) electrons. The lowest BCUT2D eigenvalue weighted by Crippen LogP contribution is -2.45. The van der Waals surface area contributed by atoms with Gasteiger partial charge in [-0.25, -0.2) is 24.6 Å². The molecule has 0 aliphatic carbocycles. The molecule has 0 unspecified atom stereocenters. The van der Waals surface area contributed by atoms with Crippen LogP contribution in [-0.2, 0) is 32.2 Å². The van der Waals surface area contributed by atoms with Gasteiger partial charge >= 0.3 is 12.1 Å². The fourth-order valence-corrected chi connectivity index (χ4v) is 5.10. The van der Waals surface area contributed by atoms with Gasteiger partial charge in [-0.05, 0) is 85.9 Å². The van der Waals surface area contributed by atoms with E-state index in [9.17, 15) is 9.59 Å². The van der Waals surface area contributed by atoms with Gasteiger partial charge in [-0.3, -0.25) is 0 Å². The molecule has 0 aliphatic heterocycles. The molecule has 3 aromatic rings. The molecule has 3 rings (SSSR count). The summed E-state index contributed by atoms with van der Waals surface area (Å²) in [6.07, 6.45) is 10.1. The van der Waals surface area contributed by atoms with E-state index in [0.29, 0.717) is 24.8 Å². The first-order valence-electron chi connectivity index (χ1n) is 12.5. The zero-order chi connectivity index (χ0) is 28.8. The first-order chi connectivity index (χ1) is 18.3. The van der Waals surface area contributed by atoms with Crippen molar-refractivity contribution in [1.82, 2.24) is 14.9 Å². The van der Waals surface area contributed by atoms with E-state index in [1.54, 1.807) is 27.0 Å². The van der Waals surface area contributed by atoms with Gasteiger partial charge in [0, 0.05) is 28.1 Å². The second-order valence-electron chi connectivity index (χ2n) is 11.0. The second kappa shape index (κ2) is 13.2. The maximum Gasteiger partial charge on any atom is 0.408 e. The van der Waals surface area contributed by atoms with E-state index >= 15 is 0 Å². The third-order valence-electron chi connectivity index (χ3n) is 5.51. The highest BCUT2D eigenvalue weighted by Gasteiger charge is 2.25. The van der Waals surface area contributed by atoms with Crippen LogP contribution in [0.4, 0.5) is 4.79 Å². The number of halogens is 1. The van der Waals surface area contributed by atoms with E-state index in [1.807, 2.05) is 41.1 Å². The molecule has 2 heterocycles. The van der Waals surface area contributed by atoms with Crippen LogP contribution in [0.1, 0.15) is 26.3 Å². The van der Waals surface area contributed by atoms with Gasteiger partial charge in [-0.15, -0.1) is 0 Å². The molecule has 1 amide bonds. The maximum atomic E-state index is 12.3. The zero-order valence-electron chi connectivity index (χ0n) is 23.6. The lowest BCUT2D eigenvalue weighted by atomic mass is 10.1. The summed E-state index contributed by atoms with van der Waals surface area (Å²) in [5.41, 5.74) is 0.940. The Labute approximate surface area is 245 Å². The standard InChI is InChI=1S/C28H38IN3O6S/c1-28(2,3)38-27(34)31-22(26(33)35-4)16-19-8-10-20(11-9-19)37-23-12-13-30-25-24(23)21(29)17-32(25)18-36-14-15-39(5,6)7/h8-13,17,22H,14-16,18H2,1-7H3,(H,31,34)/t22-/m0/s1. The molecule has 1 N–H and O–H groups in total. The van der Waals surface area contributed by atoms with Gasteiger partial charge in [0.2, 0.25) is 0 Å². The number of pyridine rings is 1. The fraction of sp³-hybridized carbons (Fsp3) is 0.464. The van der Waals surface area contributed by atoms with Crippen LogP contribution in [0, 0.1) is 3.57 Å². The van der Waals surface area contributed by atoms with Crippen LogP contribution in [0.15, 0.2) is 42.7 Å². The van der Waals surface area contributed by atoms with Crippen LogP contribution < -0.4 is 10.1 Å². The number of methoxy groups -OCH3 is 1. The molecule has 2 aromatic heterocycles. The predicted octanol–water partition coefficient (Wildman–Crippen LogP) is 5.71. The van der Waals surface area contributed by atoms with Crippen molar-refractivity contribution in [2.75, 3.05) is 38.2 Å². The van der Waals surface area contributed by atoms with Crippen molar-refractivity contribution in [2.24, 2.45) is 0 Å². The van der Waals surface area contributed by atoms with E-state index in [-0.39, 0.29) is 6.42 Å². The van der Waals surface area contributed by atoms with E-state index in [2.05, 4.69) is 51.7 Å². The number of aromatic nitrogens is 2. The summed E-state index contributed by atoms with van der Waals surface area (Å²) >= 11 is 2.29. The van der Waals surface area contributed by atoms with Crippen LogP contribution in [0.2, 0.25) is 0 Å². The molecule has 9 nitrogen and oxygen atoms in total. The average Bonchev–Trinajstić information content (AvgIpc) is 3.16. The van der Waals surface area contributed by atoms with Crippen molar-refractivity contribution < 1.29 is 28.5 Å². The lowest BCUT2D eigenvalue weighted by Gasteiger charge is -2.24. The van der Waals surface area contributed by atoms with Gasteiger partial charge < -0.3 is 28.8 Å². The van der Waals surface area contributed by atoms with E-state index in [1.165, 1.54) is 7.11 Å². The number of hydrogen-bond acceptors (Lipinski definition) is 7. The Morgan fingerprint density at radius 1 is 1.13 bits per heavy atom. The number of ether oxygens (including phenoxy) is 4. The van der Waals surface area contributed by atoms with E-state index in [0.717, 1.165) is 25.9 Å². The number of fused-ring (bicyclic) bond motifs is 1. The number of nitrogens with zero attached hydrogens (tertiary/aromatic N) is 2. The van der Waals surface area contributed by atoms with Crippen LogP contribution in [0.3, 0.4) is 0 Å². The monoisotopic (exact) mass is 671 g/mol. The minimum absolute atomic E-state index is 0.239. The minimum Gasteiger partial charge on any atom is -0.467 e. The second-order valence-corrected chi connectivity index (χ2v) is 16.7. The molecular weight excluding hydrogens is 633 g/mol. The van der Waals surface area contributed by atoms with Gasteiger partial charge in [0.05, 0.1) is 19.1 Å². The van der Waals surface area contributed by atoms with Crippen molar-refractivity contribution in [1.29, 1.82) is 0 Å². The summed E-state index contributed by atoms with van der Waals surface area (Å²) in [5, 5.41) is 3.51. The molecular formula is C28H38IN3O6S. The largest absolute Gasteiger partial charge is 0.467 e. The number of alkyl carbamates (subject to hydrolysis) is 1. The highest BCUT2D eigenvalue weighted by atomic mass is 127. The maximum absolute atomic E-state index is 12.3. The molecule has 0 aliphatic rings. The summed E-state index contributed by atoms with van der Waals surface area (Å²) in [4.78, 5) is 29.1. The average molecular weight is 672 g/mol. The third-order valence-corrected chi connectivity index (χ3v) is 7.72. The van der Waals surface area contributed by atoms with E-state index < -0.39 is 33.7 Å². The molecule has 0 bridgehead atoms. The first kappa shape index (κ1) is 31.0. The molecule has 0 saturated heterocycles. The fourth-order valence-electron chi connectivity index (χ4n) is 3.64. The van der Waals surface area contributed by atoms with Gasteiger partial charge in [-0.2, -0.15) is 0 Å². The van der Waals surface area contributed by atoms with Crippen LogP contribution in [0.5, 0.6) is 11.5 Å². The molecule has 39 heavy (non-hydrogen) atoms. The number of rotatable bonds is 11. The summed E-state index contributed by atoms with van der Waals surface area (Å²) in [7, 11) is 0.680. The van der Waals surface area contributed by atoms with Gasteiger partial charge in [0.1, 0.15) is 35.5 Å². The van der Waals surface area contributed by atoms with Gasteiger partial charge in [-0.1, -0.05) is 12.1 Å². The number of carbonyl (C=O) groups excluding carboxylic acids is 2. The normalized spacial score (nSPS) is 13.1. The zero-order valence-corrected chi connectivity index (χ0v) is 26.6. The third kappa shape index (κ3) is 9.57. The van der Waals surface area contributed by atoms with Crippen LogP contribution in [-0.4, -0.2) is 71.5 Å². The van der Waals surface area contributed by atoms with Crippen molar-refractivity contribution in [2.45, 2.75) is 45.6 Å². The molecule has 1 aromatic carbocycles. The van der Waals surface area contributed by atoms with Gasteiger partial charge in [0.25, 0.3) is 0 Å². The Hall–Kier alpha value is -2.51. The van der Waals surface area contributed by atoms with Crippen molar-refractivity contribution in [3.05, 3.63) is 51.9 Å². The Morgan fingerprint density at radius 3 is 2.44 bits per heavy atom. The Bertz CT molecular complexity index is 1280.